The van der Waals surface area contributed by atoms with Gasteiger partial charge in [-0.25, -0.2) is 4.98 Å². The summed E-state index contributed by atoms with van der Waals surface area (Å²) in [6.45, 7) is 5.30. The lowest BCUT2D eigenvalue weighted by Crippen LogP contribution is -2.03. The monoisotopic (exact) mass is 374 g/mol. The summed E-state index contributed by atoms with van der Waals surface area (Å²) in [5.41, 5.74) is 5.91. The molecule has 1 atom stereocenters. The molecule has 0 fully saturated rings. The molecule has 0 aliphatic heterocycles. The molecule has 4 aromatic rings. The summed E-state index contributed by atoms with van der Waals surface area (Å²) in [4.78, 5) is 4.89. The molecule has 0 aliphatic rings. The Hall–Kier alpha value is -2.58. The number of rotatable bonds is 5. The van der Waals surface area contributed by atoms with E-state index in [4.69, 9.17) is 16.6 Å². The van der Waals surface area contributed by atoms with Gasteiger partial charge in [-0.3, -0.25) is 0 Å². The van der Waals surface area contributed by atoms with Crippen molar-refractivity contribution in [3.8, 4) is 11.4 Å². The van der Waals surface area contributed by atoms with E-state index in [-0.39, 0.29) is 0 Å². The Morgan fingerprint density at radius 1 is 0.926 bits per heavy atom. The van der Waals surface area contributed by atoms with Gasteiger partial charge in [0.25, 0.3) is 0 Å². The smallest absolute Gasteiger partial charge is 0.141 e. The molecule has 0 amide bonds. The lowest BCUT2D eigenvalue weighted by molar-refractivity contribution is 0.732. The highest BCUT2D eigenvalue weighted by Gasteiger charge is 2.13. The normalized spacial score (nSPS) is 12.4. The SMILES string of the molecule is CCC(C)c1ccc(Cn2c(-c3ccc(Cl)cc3)nc3ccccc32)cc1. The van der Waals surface area contributed by atoms with Gasteiger partial charge in [0.2, 0.25) is 0 Å². The maximum Gasteiger partial charge on any atom is 0.141 e. The minimum absolute atomic E-state index is 0.595. The van der Waals surface area contributed by atoms with Crippen molar-refractivity contribution < 1.29 is 0 Å². The van der Waals surface area contributed by atoms with Crippen LogP contribution in [-0.2, 0) is 6.54 Å². The summed E-state index contributed by atoms with van der Waals surface area (Å²) in [5, 5.41) is 0.738. The zero-order valence-electron chi connectivity index (χ0n) is 15.7. The lowest BCUT2D eigenvalue weighted by Gasteiger charge is -2.12. The summed E-state index contributed by atoms with van der Waals surface area (Å²) < 4.78 is 2.29. The predicted octanol–water partition coefficient (Wildman–Crippen LogP) is 6.92. The van der Waals surface area contributed by atoms with Crippen LogP contribution in [0.2, 0.25) is 5.02 Å². The Morgan fingerprint density at radius 3 is 2.33 bits per heavy atom. The van der Waals surface area contributed by atoms with Crippen LogP contribution >= 0.6 is 11.6 Å². The summed E-state index contributed by atoms with van der Waals surface area (Å²) in [6, 6.07) is 25.2. The number of nitrogens with zero attached hydrogens (tertiary/aromatic N) is 2. The number of hydrogen-bond donors (Lipinski definition) is 0. The van der Waals surface area contributed by atoms with Crippen molar-refractivity contribution in [1.29, 1.82) is 0 Å². The summed E-state index contributed by atoms with van der Waals surface area (Å²) >= 11 is 6.07. The molecular formula is C24H23ClN2. The third-order valence-corrected chi connectivity index (χ3v) is 5.51. The molecule has 0 spiro atoms. The first-order chi connectivity index (χ1) is 13.2. The second-order valence-electron chi connectivity index (χ2n) is 7.07. The fourth-order valence-electron chi connectivity index (χ4n) is 3.42. The number of benzene rings is 3. The van der Waals surface area contributed by atoms with Crippen molar-refractivity contribution in [2.24, 2.45) is 0 Å². The van der Waals surface area contributed by atoms with Crippen LogP contribution in [0.15, 0.2) is 72.8 Å². The van der Waals surface area contributed by atoms with Crippen LogP contribution < -0.4 is 0 Å². The minimum atomic E-state index is 0.595. The molecule has 0 saturated heterocycles. The molecule has 2 nitrogen and oxygen atoms in total. The fourth-order valence-corrected chi connectivity index (χ4v) is 3.55. The largest absolute Gasteiger partial charge is 0.319 e. The van der Waals surface area contributed by atoms with Crippen LogP contribution in [0.4, 0.5) is 0 Å². The molecule has 0 N–H and O–H groups in total. The Morgan fingerprint density at radius 2 is 1.63 bits per heavy atom. The third-order valence-electron chi connectivity index (χ3n) is 5.26. The van der Waals surface area contributed by atoms with Crippen LogP contribution in [-0.4, -0.2) is 9.55 Å². The molecule has 0 radical (unpaired) electrons. The molecule has 0 bridgehead atoms. The van der Waals surface area contributed by atoms with E-state index >= 15 is 0 Å². The molecular weight excluding hydrogens is 352 g/mol. The molecule has 3 heteroatoms. The number of halogens is 1. The van der Waals surface area contributed by atoms with Crippen LogP contribution in [0.25, 0.3) is 22.4 Å². The van der Waals surface area contributed by atoms with Crippen LogP contribution in [0.3, 0.4) is 0 Å². The average Bonchev–Trinajstić information content (AvgIpc) is 3.07. The van der Waals surface area contributed by atoms with E-state index in [0.29, 0.717) is 5.92 Å². The van der Waals surface area contributed by atoms with Gasteiger partial charge >= 0.3 is 0 Å². The maximum atomic E-state index is 6.07. The van der Waals surface area contributed by atoms with Crippen molar-refractivity contribution in [1.82, 2.24) is 9.55 Å². The molecule has 3 aromatic carbocycles. The van der Waals surface area contributed by atoms with E-state index in [9.17, 15) is 0 Å². The zero-order valence-corrected chi connectivity index (χ0v) is 16.4. The Balaban J connectivity index is 1.76. The standard InChI is InChI=1S/C24H23ClN2/c1-3-17(2)19-10-8-18(9-11-19)16-27-23-7-5-4-6-22(23)26-24(27)20-12-14-21(25)15-13-20/h4-15,17H,3,16H2,1-2H3. The zero-order chi connectivity index (χ0) is 18.8. The highest BCUT2D eigenvalue weighted by Crippen LogP contribution is 2.27. The van der Waals surface area contributed by atoms with E-state index in [1.165, 1.54) is 11.1 Å². The highest BCUT2D eigenvalue weighted by molar-refractivity contribution is 6.30. The molecule has 1 aromatic heterocycles. The van der Waals surface area contributed by atoms with Crippen LogP contribution in [0.5, 0.6) is 0 Å². The molecule has 1 unspecified atom stereocenters. The second kappa shape index (κ2) is 7.58. The first-order valence-corrected chi connectivity index (χ1v) is 9.83. The highest BCUT2D eigenvalue weighted by atomic mass is 35.5. The van der Waals surface area contributed by atoms with Crippen LogP contribution in [0.1, 0.15) is 37.3 Å². The van der Waals surface area contributed by atoms with Gasteiger partial charge in [0, 0.05) is 17.1 Å². The van der Waals surface area contributed by atoms with Gasteiger partial charge < -0.3 is 4.57 Å². The second-order valence-corrected chi connectivity index (χ2v) is 7.50. The van der Waals surface area contributed by atoms with Gasteiger partial charge in [0.15, 0.2) is 0 Å². The number of hydrogen-bond acceptors (Lipinski definition) is 1. The Bertz CT molecular complexity index is 1050. The Labute approximate surface area is 165 Å². The number of imidazole rings is 1. The average molecular weight is 375 g/mol. The van der Waals surface area contributed by atoms with Crippen molar-refractivity contribution in [3.05, 3.63) is 88.9 Å². The number of fused-ring (bicyclic) bond motifs is 1. The lowest BCUT2D eigenvalue weighted by atomic mass is 9.97. The van der Waals surface area contributed by atoms with Crippen molar-refractivity contribution in [3.63, 3.8) is 0 Å². The van der Waals surface area contributed by atoms with Crippen molar-refractivity contribution in [2.45, 2.75) is 32.7 Å². The van der Waals surface area contributed by atoms with E-state index in [0.717, 1.165) is 40.4 Å². The summed E-state index contributed by atoms with van der Waals surface area (Å²) in [5.74, 6) is 1.57. The van der Waals surface area contributed by atoms with Gasteiger partial charge in [0.1, 0.15) is 5.82 Å². The van der Waals surface area contributed by atoms with Crippen LogP contribution in [0, 0.1) is 0 Å². The van der Waals surface area contributed by atoms with E-state index in [1.807, 2.05) is 30.3 Å². The Kier molecular flexibility index (Phi) is 5.00. The summed E-state index contributed by atoms with van der Waals surface area (Å²) in [6.07, 6.45) is 1.16. The number of para-hydroxylation sites is 2. The molecule has 136 valence electrons. The van der Waals surface area contributed by atoms with E-state index in [1.54, 1.807) is 0 Å². The molecule has 27 heavy (non-hydrogen) atoms. The molecule has 0 aliphatic carbocycles. The van der Waals surface area contributed by atoms with E-state index < -0.39 is 0 Å². The van der Waals surface area contributed by atoms with Gasteiger partial charge in [-0.05, 0) is 59.9 Å². The topological polar surface area (TPSA) is 17.8 Å². The van der Waals surface area contributed by atoms with Gasteiger partial charge in [-0.2, -0.15) is 0 Å². The van der Waals surface area contributed by atoms with Gasteiger partial charge in [-0.15, -0.1) is 0 Å². The first-order valence-electron chi connectivity index (χ1n) is 9.45. The van der Waals surface area contributed by atoms with Gasteiger partial charge in [0.05, 0.1) is 11.0 Å². The maximum absolute atomic E-state index is 6.07. The quantitative estimate of drug-likeness (QED) is 0.370. The molecule has 4 rings (SSSR count). The summed E-state index contributed by atoms with van der Waals surface area (Å²) in [7, 11) is 0. The van der Waals surface area contributed by atoms with Crippen molar-refractivity contribution in [2.75, 3.05) is 0 Å². The first kappa shape index (κ1) is 17.8. The minimum Gasteiger partial charge on any atom is -0.319 e. The predicted molar refractivity (Wildman–Crippen MR) is 114 cm³/mol. The number of aromatic nitrogens is 2. The third kappa shape index (κ3) is 3.63. The molecule has 0 saturated carbocycles. The van der Waals surface area contributed by atoms with E-state index in [2.05, 4.69) is 60.9 Å². The van der Waals surface area contributed by atoms with Crippen molar-refractivity contribution >= 4 is 22.6 Å². The fraction of sp³-hybridized carbons (Fsp3) is 0.208. The molecule has 1 heterocycles. The van der Waals surface area contributed by atoms with Gasteiger partial charge in [-0.1, -0.05) is 61.8 Å².